The maximum atomic E-state index is 11.1. The molecule has 1 fully saturated rings. The van der Waals surface area contributed by atoms with Crippen LogP contribution in [0.25, 0.3) is 0 Å². The molecule has 4 nitrogen and oxygen atoms in total. The third kappa shape index (κ3) is 3.00. The first kappa shape index (κ1) is 9.83. The van der Waals surface area contributed by atoms with E-state index in [9.17, 15) is 4.79 Å². The first-order valence-electron chi connectivity index (χ1n) is 4.01. The Balaban J connectivity index is 2.24. The summed E-state index contributed by atoms with van der Waals surface area (Å²) >= 11 is 4.02. The molecule has 0 spiro atoms. The van der Waals surface area contributed by atoms with Crippen LogP contribution in [0.4, 0.5) is 0 Å². The van der Waals surface area contributed by atoms with Gasteiger partial charge in [0.25, 0.3) is 0 Å². The first-order chi connectivity index (χ1) is 5.70. The standard InChI is InChI=1S/C7H14N2O2S/c1-6(12)7(10)8-9-2-4-11-5-3-9/h6,12H,2-5H2,1H3,(H,8,10). The molecule has 0 aromatic rings. The van der Waals surface area contributed by atoms with E-state index in [2.05, 4.69) is 18.1 Å². The molecule has 0 saturated carbocycles. The van der Waals surface area contributed by atoms with Gasteiger partial charge in [-0.2, -0.15) is 12.6 Å². The monoisotopic (exact) mass is 190 g/mol. The number of ether oxygens (including phenoxy) is 1. The van der Waals surface area contributed by atoms with Crippen LogP contribution in [-0.2, 0) is 9.53 Å². The second-order valence-corrected chi connectivity index (χ2v) is 3.53. The molecule has 0 radical (unpaired) electrons. The summed E-state index contributed by atoms with van der Waals surface area (Å²) in [6, 6.07) is 0. The summed E-state index contributed by atoms with van der Waals surface area (Å²) in [6.07, 6.45) is 0. The second kappa shape index (κ2) is 4.69. The van der Waals surface area contributed by atoms with Crippen LogP contribution in [0, 0.1) is 0 Å². The normalized spacial score (nSPS) is 21.8. The highest BCUT2D eigenvalue weighted by atomic mass is 32.1. The highest BCUT2D eigenvalue weighted by Crippen LogP contribution is 1.96. The zero-order valence-corrected chi connectivity index (χ0v) is 8.01. The van der Waals surface area contributed by atoms with Crippen molar-refractivity contribution in [1.29, 1.82) is 0 Å². The number of hydrogen-bond acceptors (Lipinski definition) is 4. The van der Waals surface area contributed by atoms with Crippen molar-refractivity contribution in [3.8, 4) is 0 Å². The summed E-state index contributed by atoms with van der Waals surface area (Å²) < 4.78 is 5.13. The molecule has 1 amide bonds. The van der Waals surface area contributed by atoms with Crippen molar-refractivity contribution in [2.75, 3.05) is 26.3 Å². The zero-order chi connectivity index (χ0) is 8.97. The van der Waals surface area contributed by atoms with Crippen LogP contribution < -0.4 is 5.43 Å². The Kier molecular flexibility index (Phi) is 3.84. The summed E-state index contributed by atoms with van der Waals surface area (Å²) in [5, 5.41) is 1.60. The molecule has 0 aliphatic carbocycles. The Labute approximate surface area is 77.6 Å². The first-order valence-corrected chi connectivity index (χ1v) is 4.53. The summed E-state index contributed by atoms with van der Waals surface area (Å²) in [5.41, 5.74) is 2.76. The van der Waals surface area contributed by atoms with Crippen molar-refractivity contribution < 1.29 is 9.53 Å². The lowest BCUT2D eigenvalue weighted by Crippen LogP contribution is -2.50. The lowest BCUT2D eigenvalue weighted by molar-refractivity contribution is -0.127. The fourth-order valence-electron chi connectivity index (χ4n) is 0.924. The number of thiol groups is 1. The number of carbonyl (C=O) groups excluding carboxylic acids is 1. The number of rotatable bonds is 2. The third-order valence-electron chi connectivity index (χ3n) is 1.66. The van der Waals surface area contributed by atoms with E-state index in [-0.39, 0.29) is 11.2 Å². The van der Waals surface area contributed by atoms with Gasteiger partial charge in [0.2, 0.25) is 5.91 Å². The summed E-state index contributed by atoms with van der Waals surface area (Å²) in [5.74, 6) is -0.0553. The molecule has 0 aromatic carbocycles. The number of nitrogens with zero attached hydrogens (tertiary/aromatic N) is 1. The molecule has 0 bridgehead atoms. The predicted octanol–water partition coefficient (Wildman–Crippen LogP) is -0.332. The van der Waals surface area contributed by atoms with Gasteiger partial charge in [0.05, 0.1) is 18.5 Å². The number of hydrogen-bond donors (Lipinski definition) is 2. The van der Waals surface area contributed by atoms with E-state index >= 15 is 0 Å². The van der Waals surface area contributed by atoms with E-state index in [0.29, 0.717) is 13.2 Å². The van der Waals surface area contributed by atoms with Crippen LogP contribution in [-0.4, -0.2) is 42.5 Å². The minimum absolute atomic E-state index is 0.0553. The molecular weight excluding hydrogens is 176 g/mol. The highest BCUT2D eigenvalue weighted by molar-refractivity contribution is 7.81. The number of carbonyl (C=O) groups is 1. The molecule has 70 valence electrons. The fourth-order valence-corrected chi connectivity index (χ4v) is 0.982. The highest BCUT2D eigenvalue weighted by Gasteiger charge is 2.14. The van der Waals surface area contributed by atoms with Crippen LogP contribution in [0.5, 0.6) is 0 Å². The topological polar surface area (TPSA) is 41.6 Å². The maximum absolute atomic E-state index is 11.1. The van der Waals surface area contributed by atoms with E-state index < -0.39 is 0 Å². The molecule has 12 heavy (non-hydrogen) atoms. The molecule has 1 unspecified atom stereocenters. The van der Waals surface area contributed by atoms with Crippen molar-refractivity contribution in [2.24, 2.45) is 0 Å². The van der Waals surface area contributed by atoms with Crippen molar-refractivity contribution in [1.82, 2.24) is 10.4 Å². The molecule has 1 aliphatic rings. The molecular formula is C7H14N2O2S. The second-order valence-electron chi connectivity index (χ2n) is 2.75. The maximum Gasteiger partial charge on any atom is 0.246 e. The van der Waals surface area contributed by atoms with Crippen LogP contribution in [0.15, 0.2) is 0 Å². The SMILES string of the molecule is CC(S)C(=O)NN1CCOCC1. The van der Waals surface area contributed by atoms with E-state index in [1.54, 1.807) is 6.92 Å². The van der Waals surface area contributed by atoms with Gasteiger partial charge in [0, 0.05) is 13.1 Å². The van der Waals surface area contributed by atoms with Crippen molar-refractivity contribution >= 4 is 18.5 Å². The number of nitrogens with one attached hydrogen (secondary N) is 1. The molecule has 5 heteroatoms. The van der Waals surface area contributed by atoms with Gasteiger partial charge in [-0.05, 0) is 6.92 Å². The van der Waals surface area contributed by atoms with E-state index in [1.165, 1.54) is 0 Å². The molecule has 1 aliphatic heterocycles. The van der Waals surface area contributed by atoms with Crippen LogP contribution >= 0.6 is 12.6 Å². The zero-order valence-electron chi connectivity index (χ0n) is 7.12. The van der Waals surface area contributed by atoms with Gasteiger partial charge in [0.1, 0.15) is 0 Å². The van der Waals surface area contributed by atoms with Crippen molar-refractivity contribution in [3.05, 3.63) is 0 Å². The Morgan fingerprint density at radius 2 is 2.17 bits per heavy atom. The lowest BCUT2D eigenvalue weighted by atomic mass is 10.4. The largest absolute Gasteiger partial charge is 0.379 e. The Morgan fingerprint density at radius 3 is 2.67 bits per heavy atom. The molecule has 0 aromatic heterocycles. The third-order valence-corrected chi connectivity index (χ3v) is 1.89. The summed E-state index contributed by atoms with van der Waals surface area (Å²) in [6.45, 7) is 4.62. The average Bonchev–Trinajstić information content (AvgIpc) is 2.06. The molecule has 1 saturated heterocycles. The van der Waals surface area contributed by atoms with Crippen LogP contribution in [0.2, 0.25) is 0 Å². The lowest BCUT2D eigenvalue weighted by Gasteiger charge is -2.27. The van der Waals surface area contributed by atoms with Gasteiger partial charge >= 0.3 is 0 Å². The Hall–Kier alpha value is -0.260. The number of amides is 1. The minimum atomic E-state index is -0.257. The summed E-state index contributed by atoms with van der Waals surface area (Å²) in [4.78, 5) is 11.1. The van der Waals surface area contributed by atoms with Crippen molar-refractivity contribution in [3.63, 3.8) is 0 Å². The van der Waals surface area contributed by atoms with Gasteiger partial charge in [-0.25, -0.2) is 5.01 Å². The van der Waals surface area contributed by atoms with Gasteiger partial charge < -0.3 is 4.74 Å². The molecule has 1 N–H and O–H groups in total. The summed E-state index contributed by atoms with van der Waals surface area (Å²) in [7, 11) is 0. The van der Waals surface area contributed by atoms with Gasteiger partial charge in [-0.3, -0.25) is 10.2 Å². The Bertz CT molecular complexity index is 157. The van der Waals surface area contributed by atoms with E-state index in [1.807, 2.05) is 5.01 Å². The van der Waals surface area contributed by atoms with Crippen LogP contribution in [0.1, 0.15) is 6.92 Å². The fraction of sp³-hybridized carbons (Fsp3) is 0.857. The number of morpholine rings is 1. The van der Waals surface area contributed by atoms with E-state index in [0.717, 1.165) is 13.1 Å². The predicted molar refractivity (Wildman–Crippen MR) is 49.0 cm³/mol. The quantitative estimate of drug-likeness (QED) is 0.586. The van der Waals surface area contributed by atoms with Gasteiger partial charge in [-0.15, -0.1) is 0 Å². The molecule has 1 atom stereocenters. The van der Waals surface area contributed by atoms with Crippen LogP contribution in [0.3, 0.4) is 0 Å². The van der Waals surface area contributed by atoms with Gasteiger partial charge in [-0.1, -0.05) is 0 Å². The average molecular weight is 190 g/mol. The smallest absolute Gasteiger partial charge is 0.246 e. The molecule has 1 heterocycles. The van der Waals surface area contributed by atoms with E-state index in [4.69, 9.17) is 4.74 Å². The molecule has 1 rings (SSSR count). The van der Waals surface area contributed by atoms with Gasteiger partial charge in [0.15, 0.2) is 0 Å². The Morgan fingerprint density at radius 1 is 1.58 bits per heavy atom. The minimum Gasteiger partial charge on any atom is -0.379 e. The van der Waals surface area contributed by atoms with Crippen molar-refractivity contribution in [2.45, 2.75) is 12.2 Å². The number of hydrazine groups is 1.